The molecule has 0 unspecified atom stereocenters. The van der Waals surface area contributed by atoms with Gasteiger partial charge in [0.25, 0.3) is 0 Å². The van der Waals surface area contributed by atoms with E-state index in [4.69, 9.17) is 11.4 Å². The van der Waals surface area contributed by atoms with E-state index in [0.717, 1.165) is 21.9 Å². The molecule has 0 spiro atoms. The standard InChI is InChI=1S/C16H13BO2/c18-17(19)16-9-7-13(8-10-16)15-6-5-12-3-1-2-4-14(12)11-15/h1-11,18-19H/i1D. The Balaban J connectivity index is 2.03. The lowest BCUT2D eigenvalue weighted by molar-refractivity contribution is 0.426. The molecule has 0 aliphatic carbocycles. The summed E-state index contributed by atoms with van der Waals surface area (Å²) in [6.45, 7) is 0. The number of fused-ring (bicyclic) bond motifs is 1. The fraction of sp³-hybridized carbons (Fsp3) is 0. The third-order valence-electron chi connectivity index (χ3n) is 3.23. The van der Waals surface area contributed by atoms with Crippen LogP contribution >= 0.6 is 0 Å². The van der Waals surface area contributed by atoms with E-state index >= 15 is 0 Å². The molecule has 0 aromatic heterocycles. The van der Waals surface area contributed by atoms with Crippen LogP contribution in [0, 0.1) is 0 Å². The van der Waals surface area contributed by atoms with E-state index in [1.165, 1.54) is 0 Å². The molecule has 19 heavy (non-hydrogen) atoms. The maximum absolute atomic E-state index is 9.09. The summed E-state index contributed by atoms with van der Waals surface area (Å²) in [6.07, 6.45) is 0. The monoisotopic (exact) mass is 249 g/mol. The minimum atomic E-state index is -1.43. The molecule has 0 radical (unpaired) electrons. The zero-order chi connectivity index (χ0) is 14.1. The van der Waals surface area contributed by atoms with Crippen LogP contribution in [0.15, 0.2) is 66.7 Å². The SMILES string of the molecule is [2H]c1ccc2cc(-c3ccc(B(O)O)cc3)ccc2c1. The Morgan fingerprint density at radius 3 is 2.26 bits per heavy atom. The first-order chi connectivity index (χ1) is 9.63. The minimum absolute atomic E-state index is 0.480. The number of rotatable bonds is 2. The van der Waals surface area contributed by atoms with Gasteiger partial charge in [0.2, 0.25) is 0 Å². The van der Waals surface area contributed by atoms with E-state index in [1.807, 2.05) is 36.4 Å². The van der Waals surface area contributed by atoms with Crippen LogP contribution in [0.4, 0.5) is 0 Å². The van der Waals surface area contributed by atoms with E-state index in [9.17, 15) is 0 Å². The quantitative estimate of drug-likeness (QED) is 0.683. The van der Waals surface area contributed by atoms with Crippen molar-refractivity contribution in [2.45, 2.75) is 0 Å². The van der Waals surface area contributed by atoms with Gasteiger partial charge in [-0.2, -0.15) is 0 Å². The number of hydrogen-bond donors (Lipinski definition) is 2. The van der Waals surface area contributed by atoms with Gasteiger partial charge < -0.3 is 10.0 Å². The van der Waals surface area contributed by atoms with E-state index in [-0.39, 0.29) is 0 Å². The Bertz CT molecular complexity index is 754. The topological polar surface area (TPSA) is 40.5 Å². The lowest BCUT2D eigenvalue weighted by atomic mass is 9.80. The maximum Gasteiger partial charge on any atom is 0.488 e. The zero-order valence-corrected chi connectivity index (χ0v) is 10.2. The molecule has 3 rings (SSSR count). The normalized spacial score (nSPS) is 11.4. The zero-order valence-electron chi connectivity index (χ0n) is 11.2. The summed E-state index contributed by atoms with van der Waals surface area (Å²) in [5.41, 5.74) is 2.56. The van der Waals surface area contributed by atoms with Gasteiger partial charge in [0.05, 0.1) is 1.37 Å². The average molecular weight is 249 g/mol. The van der Waals surface area contributed by atoms with Crippen molar-refractivity contribution in [3.05, 3.63) is 66.7 Å². The summed E-state index contributed by atoms with van der Waals surface area (Å²) in [7, 11) is -1.43. The van der Waals surface area contributed by atoms with Crippen LogP contribution < -0.4 is 5.46 Å². The summed E-state index contributed by atoms with van der Waals surface area (Å²) in [5, 5.41) is 20.3. The van der Waals surface area contributed by atoms with Gasteiger partial charge in [-0.15, -0.1) is 0 Å². The van der Waals surface area contributed by atoms with Gasteiger partial charge in [-0.3, -0.25) is 0 Å². The molecule has 3 aromatic rings. The van der Waals surface area contributed by atoms with E-state index < -0.39 is 7.12 Å². The molecule has 0 saturated heterocycles. The highest BCUT2D eigenvalue weighted by Crippen LogP contribution is 2.23. The van der Waals surface area contributed by atoms with Crippen LogP contribution in [0.1, 0.15) is 1.37 Å². The third kappa shape index (κ3) is 2.39. The molecular weight excluding hydrogens is 235 g/mol. The first kappa shape index (κ1) is 10.8. The van der Waals surface area contributed by atoms with Gasteiger partial charge in [0, 0.05) is 0 Å². The number of hydrogen-bond acceptors (Lipinski definition) is 2. The molecule has 3 heteroatoms. The van der Waals surface area contributed by atoms with Crippen molar-refractivity contribution < 1.29 is 11.4 Å². The molecule has 0 fully saturated rings. The van der Waals surface area contributed by atoms with Crippen molar-refractivity contribution >= 4 is 23.4 Å². The Morgan fingerprint density at radius 1 is 0.789 bits per heavy atom. The van der Waals surface area contributed by atoms with Crippen LogP contribution in [0.2, 0.25) is 0 Å². The second-order valence-corrected chi connectivity index (χ2v) is 4.48. The molecule has 0 saturated carbocycles. The first-order valence-corrected chi connectivity index (χ1v) is 6.10. The summed E-state index contributed by atoms with van der Waals surface area (Å²) in [4.78, 5) is 0. The Labute approximate surface area is 113 Å². The fourth-order valence-corrected chi connectivity index (χ4v) is 2.15. The van der Waals surface area contributed by atoms with E-state index in [0.29, 0.717) is 11.5 Å². The van der Waals surface area contributed by atoms with Crippen molar-refractivity contribution in [3.63, 3.8) is 0 Å². The predicted molar refractivity (Wildman–Crippen MR) is 79.2 cm³/mol. The van der Waals surface area contributed by atoms with Gasteiger partial charge in [0.15, 0.2) is 0 Å². The van der Waals surface area contributed by atoms with Gasteiger partial charge in [0.1, 0.15) is 0 Å². The van der Waals surface area contributed by atoms with Gasteiger partial charge in [-0.25, -0.2) is 0 Å². The lowest BCUT2D eigenvalue weighted by Gasteiger charge is -2.05. The molecule has 92 valence electrons. The van der Waals surface area contributed by atoms with Crippen LogP contribution in [0.3, 0.4) is 0 Å². The first-order valence-electron chi connectivity index (χ1n) is 6.60. The molecule has 0 bridgehead atoms. The van der Waals surface area contributed by atoms with Crippen LogP contribution in [-0.4, -0.2) is 17.2 Å². The van der Waals surface area contributed by atoms with Crippen LogP contribution in [0.25, 0.3) is 21.9 Å². The summed E-state index contributed by atoms with van der Waals surface area (Å²) >= 11 is 0. The molecule has 0 heterocycles. The molecule has 0 aliphatic heterocycles. The largest absolute Gasteiger partial charge is 0.488 e. The van der Waals surface area contributed by atoms with Crippen molar-refractivity contribution in [1.82, 2.24) is 0 Å². The van der Waals surface area contributed by atoms with Gasteiger partial charge in [-0.05, 0) is 33.4 Å². The predicted octanol–water partition coefficient (Wildman–Crippen LogP) is 2.19. The van der Waals surface area contributed by atoms with E-state index in [1.54, 1.807) is 18.2 Å². The maximum atomic E-state index is 9.09. The average Bonchev–Trinajstić information content (AvgIpc) is 2.47. The fourth-order valence-electron chi connectivity index (χ4n) is 2.15. The minimum Gasteiger partial charge on any atom is -0.423 e. The number of benzene rings is 3. The Kier molecular flexibility index (Phi) is 2.77. The molecule has 2 nitrogen and oxygen atoms in total. The summed E-state index contributed by atoms with van der Waals surface area (Å²) in [6, 6.07) is 19.3. The third-order valence-corrected chi connectivity index (χ3v) is 3.23. The summed E-state index contributed by atoms with van der Waals surface area (Å²) in [5.74, 6) is 0. The lowest BCUT2D eigenvalue weighted by Crippen LogP contribution is -2.29. The van der Waals surface area contributed by atoms with Gasteiger partial charge in [-0.1, -0.05) is 60.6 Å². The van der Waals surface area contributed by atoms with Crippen molar-refractivity contribution in [2.24, 2.45) is 0 Å². The molecule has 0 atom stereocenters. The Hall–Kier alpha value is -2.10. The van der Waals surface area contributed by atoms with Gasteiger partial charge >= 0.3 is 7.12 Å². The smallest absolute Gasteiger partial charge is 0.423 e. The molecular formula is C16H13BO2. The second-order valence-electron chi connectivity index (χ2n) is 4.48. The highest BCUT2D eigenvalue weighted by Gasteiger charge is 2.10. The van der Waals surface area contributed by atoms with Crippen LogP contribution in [0.5, 0.6) is 0 Å². The highest BCUT2D eigenvalue weighted by molar-refractivity contribution is 6.58. The molecule has 2 N–H and O–H groups in total. The van der Waals surface area contributed by atoms with Crippen molar-refractivity contribution in [2.75, 3.05) is 0 Å². The summed E-state index contributed by atoms with van der Waals surface area (Å²) < 4.78 is 7.61. The van der Waals surface area contributed by atoms with Crippen LogP contribution in [-0.2, 0) is 0 Å². The second kappa shape index (κ2) is 4.88. The molecule has 0 aliphatic rings. The van der Waals surface area contributed by atoms with Crippen molar-refractivity contribution in [1.29, 1.82) is 0 Å². The highest BCUT2D eigenvalue weighted by atomic mass is 16.4. The Morgan fingerprint density at radius 2 is 1.53 bits per heavy atom. The van der Waals surface area contributed by atoms with E-state index in [2.05, 4.69) is 6.07 Å². The molecule has 0 amide bonds. The molecule has 3 aromatic carbocycles. The van der Waals surface area contributed by atoms with Crippen molar-refractivity contribution in [3.8, 4) is 11.1 Å².